The van der Waals surface area contributed by atoms with Crippen LogP contribution in [0.25, 0.3) is 0 Å². The number of amides is 16. The first-order valence-electron chi connectivity index (χ1n) is 39.6. The number of nitrogens with zero attached hydrogens (tertiary/aromatic N) is 1. The maximum absolute atomic E-state index is 15.6. The van der Waals surface area contributed by atoms with Gasteiger partial charge in [0.25, 0.3) is 0 Å². The number of carbonyl (C=O) groups is 18. The van der Waals surface area contributed by atoms with Crippen molar-refractivity contribution in [3.8, 4) is 0 Å². The van der Waals surface area contributed by atoms with Gasteiger partial charge in [-0.3, -0.25) is 86.3 Å². The molecule has 0 aromatic carbocycles. The van der Waals surface area contributed by atoms with Gasteiger partial charge in [-0.15, -0.1) is 0 Å². The molecule has 0 bridgehead atoms. The lowest BCUT2D eigenvalue weighted by Crippen LogP contribution is -2.61. The molecular weight excluding hydrogens is 1530 g/mol. The standard InChI is InChI=1S/C73H116N18O21S2/c1-35(2)23-47-64(103)80-45(20-21-57(74)94)63(102)83-49(25-39-30-77-43-17-10-8-15-41(39)43)67(106)85-51(27-58(75)95)68(107)90-55(73(112)91-22-12-19-56(91)72(111)87-48(24-38-13-6-5-7-14-38)65(104)81-46(61(76)100)28-59(96)97)34-114-113-33-54(71(110)84-50(66(105)82-47)26-40-31-78-44-18-11-9-16-42(40)44)89-69(108)52(29-60(98)99)86-70(109)53(32-92)88-62(101)36(3)79-37(4)93/h35-36,38-56,77-78,92H,5-34H2,1-4H3,(H2,74,94)(H2,75,95)(H2,76,100)(H,79,93)(H,80,103)(H,81,104)(H,82,105)(H,83,102)(H,84,110)(H,85,106)(H,86,109)(H,87,111)(H,88,101)(H,89,108)(H,90,107)(H,96,97)(H,98,99)/t36-,39?,40?,41?,42?,43?,44?,45+,46+,47+,48+,49+,50+,51+,52+,53+,54+,55+,56+/m1/s1. The van der Waals surface area contributed by atoms with Crippen molar-refractivity contribution >= 4 is 128 Å². The average Bonchev–Trinajstić information content (AvgIpc) is 1.67. The third kappa shape index (κ3) is 28.2. The van der Waals surface area contributed by atoms with Gasteiger partial charge in [0.15, 0.2) is 0 Å². The molecule has 4 heterocycles. The number of nitrogens with two attached hydrogens (primary N) is 3. The van der Waals surface area contributed by atoms with E-state index >= 15 is 28.8 Å². The number of carboxylic acids is 2. The summed E-state index contributed by atoms with van der Waals surface area (Å²) in [7, 11) is 1.54. The van der Waals surface area contributed by atoms with E-state index in [1.54, 1.807) is 13.8 Å². The second-order valence-corrected chi connectivity index (χ2v) is 34.1. The van der Waals surface area contributed by atoms with E-state index in [9.17, 15) is 72.9 Å². The summed E-state index contributed by atoms with van der Waals surface area (Å²) >= 11 is 0. The smallest absolute Gasteiger partial charge is 0.305 e. The minimum Gasteiger partial charge on any atom is -0.481 e. The maximum Gasteiger partial charge on any atom is 0.305 e. The first-order valence-corrected chi connectivity index (χ1v) is 42.1. The Morgan fingerprint density at radius 2 is 1.01 bits per heavy atom. The highest BCUT2D eigenvalue weighted by atomic mass is 33.1. The fraction of sp³-hybridized carbons (Fsp3) is 0.753. The van der Waals surface area contributed by atoms with Crippen LogP contribution in [-0.2, 0) is 86.3 Å². The third-order valence-electron chi connectivity index (χ3n) is 22.4. The van der Waals surface area contributed by atoms with Crippen LogP contribution in [0.5, 0.6) is 0 Å². The topological polar surface area (TPSA) is 618 Å². The summed E-state index contributed by atoms with van der Waals surface area (Å²) in [6.07, 6.45) is 6.58. The number of hydrogen-bond donors (Lipinski definition) is 20. The molecule has 0 aromatic rings. The maximum atomic E-state index is 15.6. The van der Waals surface area contributed by atoms with Crippen molar-refractivity contribution in [2.75, 3.05) is 37.7 Å². The minimum absolute atomic E-state index is 0.00167. The SMILES string of the molecule is CC(=O)N[C@H](C)C(=O)N[C@@H](CO)C(=O)N[C@@H](CC(=O)O)C(=O)N[C@H]1CSSC[C@@H](C(=O)N2CCC[C@H]2C(=O)N[C@@H](CC2CCCCC2)C(=O)N[C@@H](CC(=O)O)C(N)=O)NC(=O)[C@H](CC(N)=O)NC(=O)[C@H](CC2CNC3CCCCC23)NC(=O)[C@H](CCC(N)=O)NC(=O)[C@H](CC(C)C)NC(=O)[C@H](CC2CNC3CCCCC23)NC1=O. The van der Waals surface area contributed by atoms with Crippen molar-refractivity contribution < 1.29 is 102 Å². The van der Waals surface area contributed by atoms with Gasteiger partial charge in [0.2, 0.25) is 94.5 Å². The summed E-state index contributed by atoms with van der Waals surface area (Å²) < 4.78 is 0. The number of nitrogens with one attached hydrogen (secondary N) is 14. The van der Waals surface area contributed by atoms with Crippen molar-refractivity contribution in [3.63, 3.8) is 0 Å². The van der Waals surface area contributed by atoms with E-state index in [1.807, 2.05) is 0 Å². The number of primary amides is 3. The van der Waals surface area contributed by atoms with Crippen molar-refractivity contribution in [2.45, 2.75) is 272 Å². The Morgan fingerprint density at radius 1 is 0.509 bits per heavy atom. The van der Waals surface area contributed by atoms with Gasteiger partial charge in [-0.1, -0.05) is 93.2 Å². The Kier molecular flexibility index (Phi) is 36.2. The number of carboxylic acid groups (broad SMARTS) is 2. The Balaban J connectivity index is 1.32. The highest BCUT2D eigenvalue weighted by Crippen LogP contribution is 2.39. The predicted molar refractivity (Wildman–Crippen MR) is 412 cm³/mol. The van der Waals surface area contributed by atoms with Crippen LogP contribution in [0.15, 0.2) is 0 Å². The lowest BCUT2D eigenvalue weighted by molar-refractivity contribution is -0.142. The first kappa shape index (κ1) is 92.2. The van der Waals surface area contributed by atoms with Gasteiger partial charge in [0.1, 0.15) is 78.5 Å². The number of carbonyl (C=O) groups excluding carboxylic acids is 16. The summed E-state index contributed by atoms with van der Waals surface area (Å²) in [4.78, 5) is 253. The molecule has 7 fully saturated rings. The van der Waals surface area contributed by atoms with E-state index < -0.39 is 235 Å². The number of likely N-dealkylation sites (tertiary alicyclic amines) is 1. The number of aliphatic hydroxyl groups excluding tert-OH is 1. The number of aliphatic hydroxyl groups is 1. The summed E-state index contributed by atoms with van der Waals surface area (Å²) in [5.41, 5.74) is 17.0. The van der Waals surface area contributed by atoms with Gasteiger partial charge in [0, 0.05) is 43.5 Å². The largest absolute Gasteiger partial charge is 0.481 e. The molecule has 7 aliphatic rings. The number of hydrogen-bond acceptors (Lipinski definition) is 23. The lowest BCUT2D eigenvalue weighted by Gasteiger charge is -2.32. The zero-order valence-corrected chi connectivity index (χ0v) is 66.7. The molecule has 16 amide bonds. The van der Waals surface area contributed by atoms with Gasteiger partial charge < -0.3 is 112 Å². The summed E-state index contributed by atoms with van der Waals surface area (Å²) in [5, 5.41) is 67.4. The zero-order valence-electron chi connectivity index (χ0n) is 65.0. The molecule has 19 atom stereocenters. The molecule has 3 aliphatic carbocycles. The molecule has 114 heavy (non-hydrogen) atoms. The Hall–Kier alpha value is -8.96. The van der Waals surface area contributed by atoms with Crippen LogP contribution < -0.4 is 91.6 Å². The van der Waals surface area contributed by atoms with Crippen molar-refractivity contribution in [1.29, 1.82) is 0 Å². The van der Waals surface area contributed by atoms with Crippen LogP contribution in [0.1, 0.15) is 182 Å². The molecule has 6 unspecified atom stereocenters. The van der Waals surface area contributed by atoms with Gasteiger partial charge in [-0.25, -0.2) is 0 Å². The fourth-order valence-corrected chi connectivity index (χ4v) is 18.9. The Bertz CT molecular complexity index is 3500. The molecule has 3 saturated carbocycles. The van der Waals surface area contributed by atoms with E-state index in [-0.39, 0.29) is 92.7 Å². The van der Waals surface area contributed by atoms with Crippen LogP contribution in [0.2, 0.25) is 0 Å². The summed E-state index contributed by atoms with van der Waals surface area (Å²) in [5.74, 6) is -21.6. The van der Waals surface area contributed by atoms with Crippen LogP contribution in [0.4, 0.5) is 0 Å². The van der Waals surface area contributed by atoms with Crippen molar-refractivity contribution in [2.24, 2.45) is 52.7 Å². The Morgan fingerprint density at radius 3 is 1.57 bits per heavy atom. The third-order valence-corrected chi connectivity index (χ3v) is 24.8. The second kappa shape index (κ2) is 44.8. The molecule has 39 nitrogen and oxygen atoms in total. The first-order chi connectivity index (χ1) is 54.1. The van der Waals surface area contributed by atoms with E-state index in [0.29, 0.717) is 25.9 Å². The molecule has 0 radical (unpaired) electrons. The number of fused-ring (bicyclic) bond motifs is 2. The van der Waals surface area contributed by atoms with Crippen molar-refractivity contribution in [3.05, 3.63) is 0 Å². The zero-order chi connectivity index (χ0) is 83.6. The van der Waals surface area contributed by atoms with Gasteiger partial charge in [-0.05, 0) is 126 Å². The van der Waals surface area contributed by atoms with Crippen LogP contribution in [-0.4, -0.2) is 255 Å². The van der Waals surface area contributed by atoms with Crippen LogP contribution >= 0.6 is 21.6 Å². The molecule has 4 aliphatic heterocycles. The number of aliphatic carboxylic acids is 2. The van der Waals surface area contributed by atoms with E-state index in [1.165, 1.54) is 6.92 Å². The molecule has 23 N–H and O–H groups in total. The highest BCUT2D eigenvalue weighted by Gasteiger charge is 2.46. The summed E-state index contributed by atoms with van der Waals surface area (Å²) in [6.45, 7) is 5.40. The molecule has 0 aromatic heterocycles. The molecule has 41 heteroatoms. The van der Waals surface area contributed by atoms with Gasteiger partial charge >= 0.3 is 11.9 Å². The molecule has 7 rings (SSSR count). The molecule has 0 spiro atoms. The molecule has 636 valence electrons. The molecule has 4 saturated heterocycles. The fourth-order valence-electron chi connectivity index (χ4n) is 16.6. The molecular formula is C73H116N18O21S2. The Labute approximate surface area is 668 Å². The summed E-state index contributed by atoms with van der Waals surface area (Å²) in [6, 6.07) is -21.4. The van der Waals surface area contributed by atoms with E-state index in [4.69, 9.17) is 17.2 Å². The lowest BCUT2D eigenvalue weighted by atomic mass is 9.77. The van der Waals surface area contributed by atoms with E-state index in [2.05, 4.69) is 74.4 Å². The van der Waals surface area contributed by atoms with E-state index in [0.717, 1.165) is 104 Å². The highest BCUT2D eigenvalue weighted by molar-refractivity contribution is 8.76. The van der Waals surface area contributed by atoms with Gasteiger partial charge in [-0.2, -0.15) is 0 Å². The minimum atomic E-state index is -2.09. The monoisotopic (exact) mass is 1640 g/mol. The number of rotatable bonds is 31. The normalized spacial score (nSPS) is 28.4. The van der Waals surface area contributed by atoms with Crippen LogP contribution in [0, 0.1) is 35.5 Å². The quantitative estimate of drug-likeness (QED) is 0.0290. The van der Waals surface area contributed by atoms with Crippen LogP contribution in [0.3, 0.4) is 0 Å². The van der Waals surface area contributed by atoms with Gasteiger partial charge in [0.05, 0.1) is 25.9 Å². The van der Waals surface area contributed by atoms with Crippen molar-refractivity contribution in [1.82, 2.24) is 79.3 Å². The second-order valence-electron chi connectivity index (χ2n) is 31.6. The predicted octanol–water partition coefficient (Wildman–Crippen LogP) is -4.85. The average molecular weight is 1650 g/mol.